The fourth-order valence-electron chi connectivity index (χ4n) is 1.84. The number of furan rings is 1. The van der Waals surface area contributed by atoms with Crippen LogP contribution in [-0.4, -0.2) is 21.3 Å². The Morgan fingerprint density at radius 3 is 2.86 bits per heavy atom. The van der Waals surface area contributed by atoms with Crippen LogP contribution in [0, 0.1) is 0 Å². The first-order chi connectivity index (χ1) is 10.6. The number of benzene rings is 1. The highest BCUT2D eigenvalue weighted by Crippen LogP contribution is 2.30. The lowest BCUT2D eigenvalue weighted by atomic mass is 10.2. The highest BCUT2D eigenvalue weighted by Gasteiger charge is 2.23. The Balaban J connectivity index is 1.75. The largest absolute Gasteiger partial charge is 0.504 e. The quantitative estimate of drug-likeness (QED) is 0.597. The second-order valence-corrected chi connectivity index (χ2v) is 5.54. The minimum absolute atomic E-state index is 0.202. The minimum atomic E-state index is -0.254. The first-order valence-electron chi connectivity index (χ1n) is 6.41. The van der Waals surface area contributed by atoms with Crippen LogP contribution in [0.25, 0.3) is 6.08 Å². The van der Waals surface area contributed by atoms with Gasteiger partial charge in [-0.05, 0) is 47.7 Å². The molecule has 0 atom stereocenters. The van der Waals surface area contributed by atoms with Crippen molar-refractivity contribution in [3.63, 3.8) is 0 Å². The number of nitrogens with zero attached hydrogens (tertiary/aromatic N) is 1. The zero-order valence-corrected chi connectivity index (χ0v) is 12.1. The number of hydrogen-bond donors (Lipinski definition) is 3. The fourth-order valence-corrected chi connectivity index (χ4v) is 2.66. The highest BCUT2D eigenvalue weighted by molar-refractivity contribution is 8.18. The van der Waals surface area contributed by atoms with Crippen molar-refractivity contribution in [2.75, 3.05) is 0 Å². The molecule has 7 heteroatoms. The van der Waals surface area contributed by atoms with Gasteiger partial charge in [0.25, 0.3) is 5.91 Å². The third-order valence-electron chi connectivity index (χ3n) is 2.91. The van der Waals surface area contributed by atoms with Gasteiger partial charge in [0.2, 0.25) is 0 Å². The standard InChI is InChI=1S/C15H12N2O4S/c18-11-4-3-9(6-12(11)19)7-13-14(20)17-15(22-13)16-8-10-2-1-5-21-10/h1-7,18-19H,8H2,(H,16,17,20)/b13-7-. The van der Waals surface area contributed by atoms with Crippen LogP contribution in [0.3, 0.4) is 0 Å². The van der Waals surface area contributed by atoms with E-state index in [1.165, 1.54) is 23.9 Å². The average molecular weight is 316 g/mol. The number of aliphatic imine (C=N–C) groups is 1. The molecular formula is C15H12N2O4S. The maximum Gasteiger partial charge on any atom is 0.264 e. The maximum absolute atomic E-state index is 11.9. The van der Waals surface area contributed by atoms with Gasteiger partial charge >= 0.3 is 0 Å². The monoisotopic (exact) mass is 316 g/mol. The Morgan fingerprint density at radius 2 is 2.14 bits per heavy atom. The molecule has 2 aromatic rings. The van der Waals surface area contributed by atoms with Crippen molar-refractivity contribution in [1.29, 1.82) is 0 Å². The number of nitrogens with one attached hydrogen (secondary N) is 1. The van der Waals surface area contributed by atoms with E-state index in [0.717, 1.165) is 0 Å². The van der Waals surface area contributed by atoms with Crippen molar-refractivity contribution >= 4 is 28.9 Å². The van der Waals surface area contributed by atoms with Crippen molar-refractivity contribution in [3.8, 4) is 11.5 Å². The van der Waals surface area contributed by atoms with Crippen LogP contribution in [-0.2, 0) is 11.3 Å². The van der Waals surface area contributed by atoms with Crippen molar-refractivity contribution in [1.82, 2.24) is 5.32 Å². The predicted octanol–water partition coefficient (Wildman–Crippen LogP) is 2.45. The van der Waals surface area contributed by atoms with Crippen molar-refractivity contribution in [3.05, 3.63) is 52.8 Å². The highest BCUT2D eigenvalue weighted by atomic mass is 32.2. The molecule has 0 unspecified atom stereocenters. The second-order valence-electron chi connectivity index (χ2n) is 4.51. The molecule has 3 N–H and O–H groups in total. The number of aromatic hydroxyl groups is 2. The Hall–Kier alpha value is -2.67. The van der Waals surface area contributed by atoms with Crippen LogP contribution >= 0.6 is 11.8 Å². The van der Waals surface area contributed by atoms with Crippen molar-refractivity contribution < 1.29 is 19.4 Å². The summed E-state index contributed by atoms with van der Waals surface area (Å²) in [6.07, 6.45) is 3.19. The van der Waals surface area contributed by atoms with E-state index in [9.17, 15) is 15.0 Å². The molecule has 1 aliphatic heterocycles. The van der Waals surface area contributed by atoms with E-state index in [1.54, 1.807) is 24.5 Å². The zero-order chi connectivity index (χ0) is 15.5. The van der Waals surface area contributed by atoms with Crippen LogP contribution in [0.1, 0.15) is 11.3 Å². The van der Waals surface area contributed by atoms with Gasteiger partial charge < -0.3 is 19.9 Å². The van der Waals surface area contributed by atoms with Gasteiger partial charge in [-0.25, -0.2) is 0 Å². The molecule has 2 heterocycles. The Labute approximate surface area is 130 Å². The van der Waals surface area contributed by atoms with E-state index in [-0.39, 0.29) is 17.4 Å². The number of carbonyl (C=O) groups is 1. The molecule has 0 bridgehead atoms. The second kappa shape index (κ2) is 5.98. The molecule has 0 radical (unpaired) electrons. The van der Waals surface area contributed by atoms with Gasteiger partial charge in [0.05, 0.1) is 17.7 Å². The fraction of sp³-hybridized carbons (Fsp3) is 0.0667. The van der Waals surface area contributed by atoms with Crippen LogP contribution in [0.5, 0.6) is 11.5 Å². The molecule has 1 amide bonds. The third-order valence-corrected chi connectivity index (χ3v) is 3.85. The maximum atomic E-state index is 11.9. The van der Waals surface area contributed by atoms with Crippen LogP contribution in [0.4, 0.5) is 0 Å². The van der Waals surface area contributed by atoms with Crippen LogP contribution < -0.4 is 5.32 Å². The SMILES string of the molecule is O=C1NC(=NCc2ccco2)S/C1=C\c1ccc(O)c(O)c1. The minimum Gasteiger partial charge on any atom is -0.504 e. The first kappa shape index (κ1) is 14.3. The number of phenolic OH excluding ortho intramolecular Hbond substituents is 2. The summed E-state index contributed by atoms with van der Waals surface area (Å²) in [6.45, 7) is 0.350. The molecule has 1 saturated heterocycles. The predicted molar refractivity (Wildman–Crippen MR) is 83.3 cm³/mol. The molecule has 0 spiro atoms. The van der Waals surface area contributed by atoms with Gasteiger partial charge in [0.15, 0.2) is 16.7 Å². The first-order valence-corrected chi connectivity index (χ1v) is 7.23. The number of amidine groups is 1. The average Bonchev–Trinajstić information content (AvgIpc) is 3.11. The number of phenols is 2. The summed E-state index contributed by atoms with van der Waals surface area (Å²) < 4.78 is 5.17. The van der Waals surface area contributed by atoms with Crippen LogP contribution in [0.2, 0.25) is 0 Å². The number of amides is 1. The van der Waals surface area contributed by atoms with Gasteiger partial charge in [-0.3, -0.25) is 9.79 Å². The van der Waals surface area contributed by atoms with E-state index in [2.05, 4.69) is 10.3 Å². The molecule has 22 heavy (non-hydrogen) atoms. The van der Waals surface area contributed by atoms with Gasteiger partial charge in [0.1, 0.15) is 5.76 Å². The number of hydrogen-bond acceptors (Lipinski definition) is 6. The molecule has 1 aromatic carbocycles. The number of carbonyl (C=O) groups excluding carboxylic acids is 1. The van der Waals surface area contributed by atoms with Gasteiger partial charge in [-0.1, -0.05) is 6.07 Å². The van der Waals surface area contributed by atoms with Crippen molar-refractivity contribution in [2.24, 2.45) is 4.99 Å². The van der Waals surface area contributed by atoms with Gasteiger partial charge in [-0.15, -0.1) is 0 Å². The summed E-state index contributed by atoms with van der Waals surface area (Å²) in [4.78, 5) is 16.6. The molecule has 1 aliphatic rings. The van der Waals surface area contributed by atoms with Gasteiger partial charge in [-0.2, -0.15) is 0 Å². The molecule has 6 nitrogen and oxygen atoms in total. The Morgan fingerprint density at radius 1 is 1.27 bits per heavy atom. The number of rotatable bonds is 3. The normalized spacial score (nSPS) is 18.1. The molecule has 1 fully saturated rings. The smallest absolute Gasteiger partial charge is 0.264 e. The summed E-state index contributed by atoms with van der Waals surface area (Å²) in [5.74, 6) is 0.0230. The third kappa shape index (κ3) is 3.15. The zero-order valence-electron chi connectivity index (χ0n) is 11.3. The van der Waals surface area contributed by atoms with Crippen LogP contribution in [0.15, 0.2) is 50.9 Å². The molecule has 112 valence electrons. The summed E-state index contributed by atoms with van der Waals surface area (Å²) in [5, 5.41) is 21.9. The van der Waals surface area contributed by atoms with E-state index in [1.807, 2.05) is 6.07 Å². The lowest BCUT2D eigenvalue weighted by Crippen LogP contribution is -2.19. The summed E-state index contributed by atoms with van der Waals surface area (Å²) in [7, 11) is 0. The van der Waals surface area contributed by atoms with E-state index in [4.69, 9.17) is 4.42 Å². The van der Waals surface area contributed by atoms with E-state index in [0.29, 0.717) is 27.9 Å². The lowest BCUT2D eigenvalue weighted by molar-refractivity contribution is -0.115. The number of thioether (sulfide) groups is 1. The topological polar surface area (TPSA) is 95.1 Å². The lowest BCUT2D eigenvalue weighted by Gasteiger charge is -1.99. The van der Waals surface area contributed by atoms with E-state index < -0.39 is 0 Å². The molecular weight excluding hydrogens is 304 g/mol. The summed E-state index contributed by atoms with van der Waals surface area (Å²) in [6, 6.07) is 7.94. The summed E-state index contributed by atoms with van der Waals surface area (Å²) >= 11 is 1.21. The molecule has 3 rings (SSSR count). The molecule has 0 saturated carbocycles. The Bertz CT molecular complexity index is 766. The summed E-state index contributed by atoms with van der Waals surface area (Å²) in [5.41, 5.74) is 0.611. The Kier molecular flexibility index (Phi) is 3.88. The molecule has 0 aliphatic carbocycles. The van der Waals surface area contributed by atoms with Crippen molar-refractivity contribution in [2.45, 2.75) is 6.54 Å². The van der Waals surface area contributed by atoms with Gasteiger partial charge in [0, 0.05) is 0 Å². The molecule has 1 aromatic heterocycles. The van der Waals surface area contributed by atoms with E-state index >= 15 is 0 Å².